The molecule has 0 aliphatic rings. The number of carbonyl (C=O) groups is 1. The first-order valence-corrected chi connectivity index (χ1v) is 6.41. The van der Waals surface area contributed by atoms with E-state index in [0.717, 1.165) is 17.8 Å². The summed E-state index contributed by atoms with van der Waals surface area (Å²) in [6.45, 7) is 2.06. The van der Waals surface area contributed by atoms with Gasteiger partial charge in [0.25, 0.3) is 0 Å². The van der Waals surface area contributed by atoms with E-state index < -0.39 is 5.82 Å². The predicted octanol–water partition coefficient (Wildman–Crippen LogP) is 2.17. The van der Waals surface area contributed by atoms with Gasteiger partial charge in [-0.1, -0.05) is 19.1 Å². The number of halogens is 1. The van der Waals surface area contributed by atoms with Crippen LogP contribution in [0.3, 0.4) is 0 Å². The summed E-state index contributed by atoms with van der Waals surface area (Å²) in [6, 6.07) is 6.07. The van der Waals surface area contributed by atoms with E-state index in [1.54, 1.807) is 16.8 Å². The van der Waals surface area contributed by atoms with Crippen LogP contribution in [-0.2, 0) is 18.3 Å². The van der Waals surface area contributed by atoms with Crippen molar-refractivity contribution in [2.24, 2.45) is 7.05 Å². The summed E-state index contributed by atoms with van der Waals surface area (Å²) < 4.78 is 15.1. The van der Waals surface area contributed by atoms with E-state index in [-0.39, 0.29) is 18.1 Å². The van der Waals surface area contributed by atoms with Crippen LogP contribution < -0.4 is 10.6 Å². The number of anilines is 2. The third kappa shape index (κ3) is 3.34. The van der Waals surface area contributed by atoms with Gasteiger partial charge in [0.15, 0.2) is 0 Å². The Bertz CT molecular complexity index is 609. The van der Waals surface area contributed by atoms with Crippen molar-refractivity contribution in [3.05, 3.63) is 42.0 Å². The molecule has 0 bridgehead atoms. The number of benzene rings is 1. The molecule has 106 valence electrons. The molecule has 2 aromatic rings. The van der Waals surface area contributed by atoms with Crippen LogP contribution in [0.5, 0.6) is 0 Å². The molecule has 0 radical (unpaired) electrons. The summed E-state index contributed by atoms with van der Waals surface area (Å²) in [5.74, 6) is -0.752. The summed E-state index contributed by atoms with van der Waals surface area (Å²) in [6.07, 6.45) is 2.59. The van der Waals surface area contributed by atoms with E-state index in [0.29, 0.717) is 0 Å². The number of nitrogens with one attached hydrogen (secondary N) is 2. The van der Waals surface area contributed by atoms with Gasteiger partial charge >= 0.3 is 0 Å². The van der Waals surface area contributed by atoms with Crippen molar-refractivity contribution in [1.82, 2.24) is 9.78 Å². The molecule has 0 atom stereocenters. The highest BCUT2D eigenvalue weighted by Gasteiger charge is 2.09. The number of aryl methyl sites for hydroxylation is 2. The topological polar surface area (TPSA) is 59.0 Å². The summed E-state index contributed by atoms with van der Waals surface area (Å²) in [5.41, 5.74) is 1.89. The molecule has 0 saturated carbocycles. The van der Waals surface area contributed by atoms with Crippen LogP contribution in [0.15, 0.2) is 30.5 Å². The summed E-state index contributed by atoms with van der Waals surface area (Å²) in [4.78, 5) is 11.8. The molecule has 20 heavy (non-hydrogen) atoms. The lowest BCUT2D eigenvalue weighted by Crippen LogP contribution is -2.22. The summed E-state index contributed by atoms with van der Waals surface area (Å²) in [5, 5.41) is 9.80. The van der Waals surface area contributed by atoms with Crippen LogP contribution in [-0.4, -0.2) is 22.2 Å². The van der Waals surface area contributed by atoms with E-state index in [9.17, 15) is 9.18 Å². The largest absolute Gasteiger partial charge is 0.373 e. The normalized spacial score (nSPS) is 10.3. The zero-order chi connectivity index (χ0) is 14.5. The van der Waals surface area contributed by atoms with Crippen molar-refractivity contribution in [2.45, 2.75) is 13.3 Å². The SMILES string of the molecule is CCc1nn(C)cc1NCC(=O)Nc1ccccc1F. The molecule has 0 spiro atoms. The maximum atomic E-state index is 13.4. The fourth-order valence-corrected chi connectivity index (χ4v) is 1.88. The highest BCUT2D eigenvalue weighted by Crippen LogP contribution is 2.14. The molecule has 0 unspecified atom stereocenters. The Balaban J connectivity index is 1.94. The fourth-order valence-electron chi connectivity index (χ4n) is 1.88. The highest BCUT2D eigenvalue weighted by molar-refractivity contribution is 5.93. The zero-order valence-electron chi connectivity index (χ0n) is 11.5. The Morgan fingerprint density at radius 2 is 2.10 bits per heavy atom. The van der Waals surface area contributed by atoms with Gasteiger partial charge in [-0.15, -0.1) is 0 Å². The van der Waals surface area contributed by atoms with E-state index in [4.69, 9.17) is 0 Å². The van der Waals surface area contributed by atoms with Crippen LogP contribution in [0.4, 0.5) is 15.8 Å². The van der Waals surface area contributed by atoms with Crippen molar-refractivity contribution in [3.63, 3.8) is 0 Å². The number of carbonyl (C=O) groups excluding carboxylic acids is 1. The first-order chi connectivity index (χ1) is 9.60. The molecule has 0 fully saturated rings. The zero-order valence-corrected chi connectivity index (χ0v) is 11.5. The van der Waals surface area contributed by atoms with E-state index >= 15 is 0 Å². The molecule has 0 aliphatic heterocycles. The smallest absolute Gasteiger partial charge is 0.243 e. The molecule has 5 nitrogen and oxygen atoms in total. The number of amides is 1. The fraction of sp³-hybridized carbons (Fsp3) is 0.286. The predicted molar refractivity (Wildman–Crippen MR) is 76.1 cm³/mol. The lowest BCUT2D eigenvalue weighted by atomic mass is 10.3. The van der Waals surface area contributed by atoms with Crippen molar-refractivity contribution in [1.29, 1.82) is 0 Å². The second-order valence-electron chi connectivity index (χ2n) is 4.40. The summed E-state index contributed by atoms with van der Waals surface area (Å²) >= 11 is 0. The lowest BCUT2D eigenvalue weighted by Gasteiger charge is -2.07. The minimum Gasteiger partial charge on any atom is -0.373 e. The van der Waals surface area contributed by atoms with Crippen LogP contribution in [0, 0.1) is 5.82 Å². The average molecular weight is 276 g/mol. The van der Waals surface area contributed by atoms with Gasteiger partial charge in [-0.2, -0.15) is 5.10 Å². The molecule has 2 N–H and O–H groups in total. The standard InChI is InChI=1S/C14H17FN4O/c1-3-11-13(9-19(2)18-11)16-8-14(20)17-12-7-5-4-6-10(12)15/h4-7,9,16H,3,8H2,1-2H3,(H,17,20). The third-order valence-corrected chi connectivity index (χ3v) is 2.83. The number of para-hydroxylation sites is 1. The minimum atomic E-state index is -0.448. The van der Waals surface area contributed by atoms with Gasteiger partial charge in [-0.05, 0) is 18.6 Å². The molecule has 0 saturated heterocycles. The van der Waals surface area contributed by atoms with Gasteiger partial charge < -0.3 is 10.6 Å². The Morgan fingerprint density at radius 3 is 2.80 bits per heavy atom. The second kappa shape index (κ2) is 6.18. The first-order valence-electron chi connectivity index (χ1n) is 6.41. The van der Waals surface area contributed by atoms with Gasteiger partial charge in [0, 0.05) is 13.2 Å². The molecule has 1 amide bonds. The van der Waals surface area contributed by atoms with Crippen LogP contribution in [0.2, 0.25) is 0 Å². The van der Waals surface area contributed by atoms with Crippen LogP contribution >= 0.6 is 0 Å². The number of nitrogens with zero attached hydrogens (tertiary/aromatic N) is 2. The Morgan fingerprint density at radius 1 is 1.35 bits per heavy atom. The van der Waals surface area contributed by atoms with Crippen molar-refractivity contribution in [3.8, 4) is 0 Å². The van der Waals surface area contributed by atoms with E-state index in [1.807, 2.05) is 20.2 Å². The van der Waals surface area contributed by atoms with E-state index in [1.165, 1.54) is 12.1 Å². The lowest BCUT2D eigenvalue weighted by molar-refractivity contribution is -0.114. The minimum absolute atomic E-state index is 0.0625. The van der Waals surface area contributed by atoms with Crippen molar-refractivity contribution in [2.75, 3.05) is 17.2 Å². The van der Waals surface area contributed by atoms with Crippen LogP contribution in [0.1, 0.15) is 12.6 Å². The molecule has 0 aliphatic carbocycles. The number of rotatable bonds is 5. The molecular formula is C14H17FN4O. The third-order valence-electron chi connectivity index (χ3n) is 2.83. The highest BCUT2D eigenvalue weighted by atomic mass is 19.1. The maximum absolute atomic E-state index is 13.4. The number of hydrogen-bond donors (Lipinski definition) is 2. The Hall–Kier alpha value is -2.37. The second-order valence-corrected chi connectivity index (χ2v) is 4.40. The monoisotopic (exact) mass is 276 g/mol. The molecule has 1 aromatic heterocycles. The van der Waals surface area contributed by atoms with Gasteiger partial charge in [0.2, 0.25) is 5.91 Å². The quantitative estimate of drug-likeness (QED) is 0.880. The number of aromatic nitrogens is 2. The van der Waals surface area contributed by atoms with Gasteiger partial charge in [-0.25, -0.2) is 4.39 Å². The van der Waals surface area contributed by atoms with E-state index in [2.05, 4.69) is 15.7 Å². The Labute approximate surface area is 116 Å². The van der Waals surface area contributed by atoms with Crippen molar-refractivity contribution >= 4 is 17.3 Å². The molecule has 2 rings (SSSR count). The maximum Gasteiger partial charge on any atom is 0.243 e. The molecule has 1 heterocycles. The molecular weight excluding hydrogens is 259 g/mol. The molecule has 6 heteroatoms. The number of hydrogen-bond acceptors (Lipinski definition) is 3. The summed E-state index contributed by atoms with van der Waals surface area (Å²) in [7, 11) is 1.82. The Kier molecular flexibility index (Phi) is 4.34. The first kappa shape index (κ1) is 14.0. The van der Waals surface area contributed by atoms with Crippen molar-refractivity contribution < 1.29 is 9.18 Å². The van der Waals surface area contributed by atoms with Crippen LogP contribution in [0.25, 0.3) is 0 Å². The van der Waals surface area contributed by atoms with Gasteiger partial charge in [-0.3, -0.25) is 9.48 Å². The van der Waals surface area contributed by atoms with Gasteiger partial charge in [0.1, 0.15) is 5.82 Å². The van der Waals surface area contributed by atoms with Gasteiger partial charge in [0.05, 0.1) is 23.6 Å². The average Bonchev–Trinajstić information content (AvgIpc) is 2.79. The molecule has 1 aromatic carbocycles.